The van der Waals surface area contributed by atoms with Crippen molar-refractivity contribution in [2.75, 3.05) is 0 Å². The first-order chi connectivity index (χ1) is 7.02. The molecule has 0 atom stereocenters. The molecule has 1 aliphatic carbocycles. The molecule has 0 aromatic carbocycles. The van der Waals surface area contributed by atoms with E-state index in [4.69, 9.17) is 10.5 Å². The first-order valence-corrected chi connectivity index (χ1v) is 3.66. The third kappa shape index (κ3) is 1.75. The van der Waals surface area contributed by atoms with E-state index in [2.05, 4.69) is 0 Å². The topological polar surface area (TPSA) is 47.6 Å². The van der Waals surface area contributed by atoms with E-state index in [1.807, 2.05) is 0 Å². The van der Waals surface area contributed by atoms with Gasteiger partial charge in [0.1, 0.15) is 17.5 Å². The lowest BCUT2D eigenvalue weighted by atomic mass is 10.2. The van der Waals surface area contributed by atoms with Crippen molar-refractivity contribution < 1.29 is 17.6 Å². The van der Waals surface area contributed by atoms with E-state index in [9.17, 15) is 17.6 Å². The number of hydrogen-bond donors (Lipinski definition) is 0. The van der Waals surface area contributed by atoms with Crippen LogP contribution in [0.4, 0.5) is 17.6 Å². The Labute approximate surface area is 82.0 Å². The molecule has 0 spiro atoms. The molecule has 0 heterocycles. The molecule has 0 aromatic rings. The predicted molar refractivity (Wildman–Crippen MR) is 41.4 cm³/mol. The second kappa shape index (κ2) is 3.97. The summed E-state index contributed by atoms with van der Waals surface area (Å²) in [5, 5.41) is 16.6. The standard InChI is InChI=1S/C9H2F4N2/c10-6-1-4(2-14)7(11)9(13)5(3-15)8(6)12/h1H2. The highest BCUT2D eigenvalue weighted by Gasteiger charge is 2.27. The van der Waals surface area contributed by atoms with Crippen molar-refractivity contribution in [1.29, 1.82) is 10.5 Å². The van der Waals surface area contributed by atoms with Gasteiger partial charge in [-0.05, 0) is 0 Å². The fourth-order valence-corrected chi connectivity index (χ4v) is 0.971. The average Bonchev–Trinajstić information content (AvgIpc) is 2.30. The number of halogens is 4. The van der Waals surface area contributed by atoms with Gasteiger partial charge in [0.2, 0.25) is 0 Å². The van der Waals surface area contributed by atoms with Crippen LogP contribution in [0, 0.1) is 22.7 Å². The monoisotopic (exact) mass is 214 g/mol. The molecule has 0 unspecified atom stereocenters. The zero-order chi connectivity index (χ0) is 11.6. The molecule has 0 bridgehead atoms. The van der Waals surface area contributed by atoms with E-state index < -0.39 is 40.9 Å². The van der Waals surface area contributed by atoms with Gasteiger partial charge in [0, 0.05) is 6.42 Å². The lowest BCUT2D eigenvalue weighted by molar-refractivity contribution is 0.526. The molecule has 0 saturated carbocycles. The molecule has 2 nitrogen and oxygen atoms in total. The van der Waals surface area contributed by atoms with Crippen molar-refractivity contribution in [1.82, 2.24) is 0 Å². The number of nitriles is 2. The highest BCUT2D eigenvalue weighted by molar-refractivity contribution is 5.52. The van der Waals surface area contributed by atoms with Crippen molar-refractivity contribution >= 4 is 0 Å². The Bertz CT molecular complexity index is 485. The molecule has 0 saturated heterocycles. The molecule has 0 amide bonds. The van der Waals surface area contributed by atoms with Gasteiger partial charge in [-0.1, -0.05) is 0 Å². The molecule has 1 rings (SSSR count). The van der Waals surface area contributed by atoms with Gasteiger partial charge in [0.15, 0.2) is 17.5 Å². The van der Waals surface area contributed by atoms with Crippen LogP contribution >= 0.6 is 0 Å². The van der Waals surface area contributed by atoms with Crippen molar-refractivity contribution in [3.8, 4) is 12.1 Å². The third-order valence-electron chi connectivity index (χ3n) is 1.71. The van der Waals surface area contributed by atoms with E-state index in [1.54, 1.807) is 0 Å². The number of allylic oxidation sites excluding steroid dienone is 6. The summed E-state index contributed by atoms with van der Waals surface area (Å²) in [6, 6.07) is 2.20. The highest BCUT2D eigenvalue weighted by atomic mass is 19.2. The Morgan fingerprint density at radius 1 is 0.867 bits per heavy atom. The Morgan fingerprint density at radius 2 is 1.47 bits per heavy atom. The van der Waals surface area contributed by atoms with Crippen LogP contribution in [0.25, 0.3) is 0 Å². The summed E-state index contributed by atoms with van der Waals surface area (Å²) >= 11 is 0. The molecule has 15 heavy (non-hydrogen) atoms. The van der Waals surface area contributed by atoms with Gasteiger partial charge in [0.25, 0.3) is 0 Å². The third-order valence-corrected chi connectivity index (χ3v) is 1.71. The summed E-state index contributed by atoms with van der Waals surface area (Å²) < 4.78 is 51.8. The first kappa shape index (κ1) is 11.0. The molecule has 0 aromatic heterocycles. The average molecular weight is 214 g/mol. The second-order valence-corrected chi connectivity index (χ2v) is 2.60. The Kier molecular flexibility index (Phi) is 2.91. The number of rotatable bonds is 0. The summed E-state index contributed by atoms with van der Waals surface area (Å²) in [6.45, 7) is 0. The van der Waals surface area contributed by atoms with Gasteiger partial charge < -0.3 is 0 Å². The Balaban J connectivity index is 3.54. The van der Waals surface area contributed by atoms with Crippen LogP contribution in [0.15, 0.2) is 34.5 Å². The molecular weight excluding hydrogens is 212 g/mol. The molecule has 0 N–H and O–H groups in total. The van der Waals surface area contributed by atoms with E-state index >= 15 is 0 Å². The maximum atomic E-state index is 13.0. The minimum absolute atomic E-state index is 0.884. The predicted octanol–water partition coefficient (Wildman–Crippen LogP) is 3.04. The van der Waals surface area contributed by atoms with Gasteiger partial charge in [-0.25, -0.2) is 17.6 Å². The maximum absolute atomic E-state index is 13.0. The van der Waals surface area contributed by atoms with E-state index in [-0.39, 0.29) is 0 Å². The van der Waals surface area contributed by atoms with Crippen molar-refractivity contribution in [2.45, 2.75) is 6.42 Å². The number of nitrogens with zero attached hydrogens (tertiary/aromatic N) is 2. The summed E-state index contributed by atoms with van der Waals surface area (Å²) in [6.07, 6.45) is -0.993. The van der Waals surface area contributed by atoms with Crippen LogP contribution in [0.3, 0.4) is 0 Å². The van der Waals surface area contributed by atoms with Gasteiger partial charge in [-0.3, -0.25) is 0 Å². The Morgan fingerprint density at radius 3 is 1.93 bits per heavy atom. The molecule has 6 heteroatoms. The van der Waals surface area contributed by atoms with Crippen molar-refractivity contribution in [3.63, 3.8) is 0 Å². The zero-order valence-electron chi connectivity index (χ0n) is 7.11. The van der Waals surface area contributed by atoms with Gasteiger partial charge in [-0.2, -0.15) is 10.5 Å². The van der Waals surface area contributed by atoms with Crippen LogP contribution in [0.2, 0.25) is 0 Å². The zero-order valence-corrected chi connectivity index (χ0v) is 7.11. The van der Waals surface area contributed by atoms with Crippen LogP contribution < -0.4 is 0 Å². The van der Waals surface area contributed by atoms with E-state index in [0.717, 1.165) is 6.07 Å². The molecule has 1 aliphatic rings. The van der Waals surface area contributed by atoms with E-state index in [0.29, 0.717) is 0 Å². The summed E-state index contributed by atoms with van der Waals surface area (Å²) in [7, 11) is 0. The SMILES string of the molecule is N#CC1=C(F)C(F)=C(C#N)C(F)=C(F)C1. The summed E-state index contributed by atoms with van der Waals surface area (Å²) in [5.41, 5.74) is -2.25. The second-order valence-electron chi connectivity index (χ2n) is 2.60. The molecule has 0 aliphatic heterocycles. The van der Waals surface area contributed by atoms with E-state index in [1.165, 1.54) is 6.07 Å². The minimum Gasteiger partial charge on any atom is -0.208 e. The normalized spacial score (nSPS) is 17.5. The fourth-order valence-electron chi connectivity index (χ4n) is 0.971. The molecule has 0 fully saturated rings. The van der Waals surface area contributed by atoms with Gasteiger partial charge >= 0.3 is 0 Å². The Hall–Kier alpha value is -2.08. The van der Waals surface area contributed by atoms with Crippen molar-refractivity contribution in [2.24, 2.45) is 0 Å². The smallest absolute Gasteiger partial charge is 0.180 e. The largest absolute Gasteiger partial charge is 0.208 e. The maximum Gasteiger partial charge on any atom is 0.180 e. The van der Waals surface area contributed by atoms with Crippen LogP contribution in [0.1, 0.15) is 6.42 Å². The van der Waals surface area contributed by atoms with Crippen LogP contribution in [0.5, 0.6) is 0 Å². The van der Waals surface area contributed by atoms with Crippen LogP contribution in [-0.4, -0.2) is 0 Å². The first-order valence-electron chi connectivity index (χ1n) is 3.66. The highest BCUT2D eigenvalue weighted by Crippen LogP contribution is 2.34. The lowest BCUT2D eigenvalue weighted by Crippen LogP contribution is -1.87. The number of hydrogen-bond acceptors (Lipinski definition) is 2. The summed E-state index contributed by atoms with van der Waals surface area (Å²) in [5.74, 6) is -6.85. The molecule has 76 valence electrons. The van der Waals surface area contributed by atoms with Crippen molar-refractivity contribution in [3.05, 3.63) is 34.5 Å². The minimum atomic E-state index is -1.85. The quantitative estimate of drug-likeness (QED) is 0.582. The van der Waals surface area contributed by atoms with Crippen LogP contribution in [-0.2, 0) is 0 Å². The molecule has 0 radical (unpaired) electrons. The summed E-state index contributed by atoms with van der Waals surface area (Å²) in [4.78, 5) is 0. The van der Waals surface area contributed by atoms with Gasteiger partial charge in [0.05, 0.1) is 11.6 Å². The van der Waals surface area contributed by atoms with Gasteiger partial charge in [-0.15, -0.1) is 0 Å². The lowest BCUT2D eigenvalue weighted by Gasteiger charge is -1.94. The molecular formula is C9H2F4N2. The fraction of sp³-hybridized carbons (Fsp3) is 0.111.